The highest BCUT2D eigenvalue weighted by Crippen LogP contribution is 2.20. The molecule has 0 saturated heterocycles. The van der Waals surface area contributed by atoms with Crippen LogP contribution in [0.4, 0.5) is 10.1 Å². The van der Waals surface area contributed by atoms with Crippen LogP contribution in [-0.4, -0.2) is 15.5 Å². The first-order valence-corrected chi connectivity index (χ1v) is 8.27. The fourth-order valence-electron chi connectivity index (χ4n) is 2.59. The molecule has 1 N–H and O–H groups in total. The second-order valence-electron chi connectivity index (χ2n) is 7.21. The van der Waals surface area contributed by atoms with Crippen molar-refractivity contribution < 1.29 is 9.18 Å². The van der Waals surface area contributed by atoms with Crippen molar-refractivity contribution in [2.24, 2.45) is 5.41 Å². The van der Waals surface area contributed by atoms with Crippen molar-refractivity contribution >= 4 is 22.5 Å². The Hall–Kier alpha value is -3.02. The number of aryl methyl sites for hydroxylation is 1. The van der Waals surface area contributed by atoms with Gasteiger partial charge in [0.25, 0.3) is 5.56 Å². The molecule has 0 bridgehead atoms. The van der Waals surface area contributed by atoms with Gasteiger partial charge in [0.1, 0.15) is 11.6 Å². The first-order chi connectivity index (χ1) is 12.2. The topological polar surface area (TPSA) is 64.0 Å². The van der Waals surface area contributed by atoms with Crippen molar-refractivity contribution in [1.29, 1.82) is 0 Å². The van der Waals surface area contributed by atoms with Crippen molar-refractivity contribution in [3.63, 3.8) is 0 Å². The Bertz CT molecular complexity index is 1050. The highest BCUT2D eigenvalue weighted by Gasteiger charge is 2.21. The second kappa shape index (κ2) is 6.37. The summed E-state index contributed by atoms with van der Waals surface area (Å²) in [5.74, 6) is -0.0169. The molecule has 0 fully saturated rings. The summed E-state index contributed by atoms with van der Waals surface area (Å²) in [6, 6.07) is 10.7. The van der Waals surface area contributed by atoms with Crippen molar-refractivity contribution in [1.82, 2.24) is 9.55 Å². The maximum atomic E-state index is 13.2. The van der Waals surface area contributed by atoms with Gasteiger partial charge >= 0.3 is 0 Å². The lowest BCUT2D eigenvalue weighted by Gasteiger charge is -2.18. The molecule has 2 aromatic carbocycles. The number of hydrogen-bond acceptors (Lipinski definition) is 3. The normalized spacial score (nSPS) is 11.6. The fourth-order valence-corrected chi connectivity index (χ4v) is 2.59. The van der Waals surface area contributed by atoms with E-state index in [4.69, 9.17) is 0 Å². The summed E-state index contributed by atoms with van der Waals surface area (Å²) in [5.41, 5.74) is 0.790. The number of carbonyl (C=O) groups is 1. The van der Waals surface area contributed by atoms with E-state index in [1.165, 1.54) is 28.8 Å². The van der Waals surface area contributed by atoms with Gasteiger partial charge in [-0.05, 0) is 49.4 Å². The number of amides is 1. The Morgan fingerprint density at radius 2 is 1.77 bits per heavy atom. The first-order valence-electron chi connectivity index (χ1n) is 8.27. The molecule has 0 spiro atoms. The molecule has 0 unspecified atom stereocenters. The van der Waals surface area contributed by atoms with Gasteiger partial charge in [-0.25, -0.2) is 9.37 Å². The SMILES string of the molecule is Cc1nc2ccc(NC(=O)C(C)(C)C)cc2c(=O)n1-c1ccc(F)cc1. The molecule has 134 valence electrons. The number of nitrogens with zero attached hydrogens (tertiary/aromatic N) is 2. The van der Waals surface area contributed by atoms with Gasteiger partial charge in [0.2, 0.25) is 5.91 Å². The molecule has 0 aliphatic carbocycles. The van der Waals surface area contributed by atoms with E-state index < -0.39 is 5.41 Å². The molecular weight excluding hydrogens is 333 g/mol. The lowest BCUT2D eigenvalue weighted by molar-refractivity contribution is -0.123. The average Bonchev–Trinajstić information content (AvgIpc) is 2.56. The Morgan fingerprint density at radius 1 is 1.12 bits per heavy atom. The van der Waals surface area contributed by atoms with Crippen molar-refractivity contribution in [3.05, 3.63) is 64.5 Å². The largest absolute Gasteiger partial charge is 0.326 e. The minimum absolute atomic E-state index is 0.143. The van der Waals surface area contributed by atoms with Crippen molar-refractivity contribution in [2.45, 2.75) is 27.7 Å². The predicted octanol–water partition coefficient (Wildman–Crippen LogP) is 3.82. The van der Waals surface area contributed by atoms with Crippen LogP contribution in [0.2, 0.25) is 0 Å². The van der Waals surface area contributed by atoms with Crippen LogP contribution >= 0.6 is 0 Å². The molecule has 3 aromatic rings. The van der Waals surface area contributed by atoms with Crippen LogP contribution in [0.25, 0.3) is 16.6 Å². The fraction of sp³-hybridized carbons (Fsp3) is 0.250. The number of fused-ring (bicyclic) bond motifs is 1. The zero-order valence-electron chi connectivity index (χ0n) is 15.1. The zero-order valence-corrected chi connectivity index (χ0v) is 15.1. The summed E-state index contributed by atoms with van der Waals surface area (Å²) >= 11 is 0. The van der Waals surface area contributed by atoms with E-state index in [9.17, 15) is 14.0 Å². The van der Waals surface area contributed by atoms with Crippen LogP contribution in [0.15, 0.2) is 47.3 Å². The van der Waals surface area contributed by atoms with Crippen molar-refractivity contribution in [2.75, 3.05) is 5.32 Å². The highest BCUT2D eigenvalue weighted by molar-refractivity contribution is 5.96. The van der Waals surface area contributed by atoms with Crippen molar-refractivity contribution in [3.8, 4) is 5.69 Å². The Balaban J connectivity index is 2.13. The number of hydrogen-bond donors (Lipinski definition) is 1. The molecule has 3 rings (SSSR count). The lowest BCUT2D eigenvalue weighted by atomic mass is 9.95. The number of halogens is 1. The third kappa shape index (κ3) is 3.35. The number of anilines is 1. The standard InChI is InChI=1S/C20H20FN3O2/c1-12-22-17-10-7-14(23-19(26)20(2,3)4)11-16(17)18(25)24(12)15-8-5-13(21)6-9-15/h5-11H,1-4H3,(H,23,26). The highest BCUT2D eigenvalue weighted by atomic mass is 19.1. The summed E-state index contributed by atoms with van der Waals surface area (Å²) in [6.07, 6.45) is 0. The number of rotatable bonds is 2. The number of nitrogens with one attached hydrogen (secondary N) is 1. The Labute approximate surface area is 150 Å². The summed E-state index contributed by atoms with van der Waals surface area (Å²) < 4.78 is 14.6. The van der Waals surface area contributed by atoms with Gasteiger partial charge in [-0.2, -0.15) is 0 Å². The third-order valence-corrected chi connectivity index (χ3v) is 4.06. The minimum atomic E-state index is -0.547. The first kappa shape index (κ1) is 17.8. The van der Waals surface area contributed by atoms with Gasteiger partial charge in [0.05, 0.1) is 16.6 Å². The molecule has 1 aromatic heterocycles. The van der Waals surface area contributed by atoms with Crippen LogP contribution in [-0.2, 0) is 4.79 Å². The summed E-state index contributed by atoms with van der Waals surface area (Å²) in [4.78, 5) is 29.6. The minimum Gasteiger partial charge on any atom is -0.326 e. The second-order valence-corrected chi connectivity index (χ2v) is 7.21. The summed E-state index contributed by atoms with van der Waals surface area (Å²) in [7, 11) is 0. The van der Waals surface area contributed by atoms with E-state index >= 15 is 0 Å². The van der Waals surface area contributed by atoms with Gasteiger partial charge in [0.15, 0.2) is 0 Å². The van der Waals surface area contributed by atoms with Gasteiger partial charge in [-0.3, -0.25) is 14.2 Å². The monoisotopic (exact) mass is 353 g/mol. The predicted molar refractivity (Wildman–Crippen MR) is 100 cm³/mol. The lowest BCUT2D eigenvalue weighted by Crippen LogP contribution is -2.28. The van der Waals surface area contributed by atoms with E-state index in [0.29, 0.717) is 28.1 Å². The molecule has 0 atom stereocenters. The maximum absolute atomic E-state index is 13.2. The molecule has 6 heteroatoms. The average molecular weight is 353 g/mol. The van der Waals surface area contributed by atoms with Gasteiger partial charge in [0, 0.05) is 11.1 Å². The molecule has 0 aliphatic rings. The van der Waals surface area contributed by atoms with Crippen LogP contribution in [0.5, 0.6) is 0 Å². The molecule has 0 radical (unpaired) electrons. The molecule has 5 nitrogen and oxygen atoms in total. The van der Waals surface area contributed by atoms with E-state index in [1.54, 1.807) is 25.1 Å². The summed E-state index contributed by atoms with van der Waals surface area (Å²) in [6.45, 7) is 7.17. The molecule has 0 saturated carbocycles. The quantitative estimate of drug-likeness (QED) is 0.762. The van der Waals surface area contributed by atoms with Crippen LogP contribution in [0.1, 0.15) is 26.6 Å². The maximum Gasteiger partial charge on any atom is 0.266 e. The Morgan fingerprint density at radius 3 is 2.38 bits per heavy atom. The number of aromatic nitrogens is 2. The van der Waals surface area contributed by atoms with E-state index in [1.807, 2.05) is 20.8 Å². The third-order valence-electron chi connectivity index (χ3n) is 4.06. The Kier molecular flexibility index (Phi) is 4.36. The van der Waals surface area contributed by atoms with Gasteiger partial charge in [-0.15, -0.1) is 0 Å². The molecule has 0 aliphatic heterocycles. The van der Waals surface area contributed by atoms with Gasteiger partial charge in [-0.1, -0.05) is 20.8 Å². The molecule has 26 heavy (non-hydrogen) atoms. The molecule has 1 heterocycles. The van der Waals surface area contributed by atoms with E-state index in [0.717, 1.165) is 0 Å². The van der Waals surface area contributed by atoms with E-state index in [-0.39, 0.29) is 17.3 Å². The number of benzene rings is 2. The molecule has 1 amide bonds. The van der Waals surface area contributed by atoms with Crippen LogP contribution < -0.4 is 10.9 Å². The van der Waals surface area contributed by atoms with E-state index in [2.05, 4.69) is 10.3 Å². The zero-order chi connectivity index (χ0) is 19.1. The molecular formula is C20H20FN3O2. The smallest absolute Gasteiger partial charge is 0.266 e. The number of carbonyl (C=O) groups excluding carboxylic acids is 1. The van der Waals surface area contributed by atoms with Crippen LogP contribution in [0.3, 0.4) is 0 Å². The van der Waals surface area contributed by atoms with Crippen LogP contribution in [0, 0.1) is 18.2 Å². The van der Waals surface area contributed by atoms with Gasteiger partial charge < -0.3 is 5.32 Å². The summed E-state index contributed by atoms with van der Waals surface area (Å²) in [5, 5.41) is 3.20.